The molecule has 0 bridgehead atoms. The molecule has 2 rings (SSSR count). The summed E-state index contributed by atoms with van der Waals surface area (Å²) in [6.07, 6.45) is -0.277. The van der Waals surface area contributed by atoms with Gasteiger partial charge in [-0.3, -0.25) is 0 Å². The first-order valence-electron chi connectivity index (χ1n) is 11.3. The number of amides is 1. The molecule has 0 N–H and O–H groups in total. The predicted molar refractivity (Wildman–Crippen MR) is 129 cm³/mol. The summed E-state index contributed by atoms with van der Waals surface area (Å²) in [7, 11) is 1.75. The van der Waals surface area contributed by atoms with Crippen LogP contribution < -0.4 is 0 Å². The van der Waals surface area contributed by atoms with E-state index in [1.54, 1.807) is 24.3 Å². The van der Waals surface area contributed by atoms with Crippen LogP contribution in [0.1, 0.15) is 75.1 Å². The number of ether oxygens (including phenoxy) is 3. The van der Waals surface area contributed by atoms with Crippen molar-refractivity contribution in [3.63, 3.8) is 0 Å². The molecular formula is C25H36N2O5S. The van der Waals surface area contributed by atoms with Crippen LogP contribution in [0.25, 0.3) is 0 Å². The van der Waals surface area contributed by atoms with Crippen molar-refractivity contribution in [2.45, 2.75) is 72.3 Å². The van der Waals surface area contributed by atoms with E-state index < -0.39 is 17.7 Å². The largest absolute Gasteiger partial charge is 0.461 e. The number of benzene rings is 1. The topological polar surface area (TPSA) is 78.0 Å². The van der Waals surface area contributed by atoms with Gasteiger partial charge in [0.05, 0.1) is 13.2 Å². The van der Waals surface area contributed by atoms with E-state index in [0.717, 1.165) is 5.56 Å². The lowest BCUT2D eigenvalue weighted by Gasteiger charge is -2.34. The highest BCUT2D eigenvalue weighted by atomic mass is 32.1. The summed E-state index contributed by atoms with van der Waals surface area (Å²) in [5, 5.41) is 2.37. The van der Waals surface area contributed by atoms with Crippen molar-refractivity contribution in [2.75, 3.05) is 13.7 Å². The van der Waals surface area contributed by atoms with Gasteiger partial charge < -0.3 is 19.1 Å². The molecule has 2 aromatic rings. The summed E-state index contributed by atoms with van der Waals surface area (Å²) in [4.78, 5) is 31.0. The first kappa shape index (κ1) is 26.8. The Morgan fingerprint density at radius 2 is 1.82 bits per heavy atom. The van der Waals surface area contributed by atoms with E-state index in [2.05, 4.69) is 18.8 Å². The van der Waals surface area contributed by atoms with Gasteiger partial charge in [-0.25, -0.2) is 14.6 Å². The maximum absolute atomic E-state index is 12.8. The number of esters is 1. The van der Waals surface area contributed by atoms with Gasteiger partial charge in [0.15, 0.2) is 5.69 Å². The molecule has 8 heteroatoms. The first-order chi connectivity index (χ1) is 15.5. The first-order valence-corrected chi connectivity index (χ1v) is 12.1. The minimum Gasteiger partial charge on any atom is -0.461 e. The molecule has 7 nitrogen and oxygen atoms in total. The van der Waals surface area contributed by atoms with Crippen molar-refractivity contribution in [1.29, 1.82) is 0 Å². The highest BCUT2D eigenvalue weighted by Gasteiger charge is 2.31. The number of aromatic nitrogens is 1. The van der Waals surface area contributed by atoms with Crippen LogP contribution in [0.5, 0.6) is 0 Å². The maximum atomic E-state index is 12.8. The van der Waals surface area contributed by atoms with Crippen molar-refractivity contribution in [1.82, 2.24) is 9.88 Å². The van der Waals surface area contributed by atoms with Crippen LogP contribution in [-0.2, 0) is 20.8 Å². The van der Waals surface area contributed by atoms with Gasteiger partial charge in [0.25, 0.3) is 0 Å². The van der Waals surface area contributed by atoms with Gasteiger partial charge in [-0.05, 0) is 39.2 Å². The Bertz CT molecular complexity index is 892. The van der Waals surface area contributed by atoms with E-state index >= 15 is 0 Å². The number of nitrogens with zero attached hydrogens (tertiary/aromatic N) is 2. The molecule has 33 heavy (non-hydrogen) atoms. The van der Waals surface area contributed by atoms with E-state index in [1.807, 2.05) is 51.1 Å². The molecule has 0 saturated carbocycles. The van der Waals surface area contributed by atoms with Crippen molar-refractivity contribution >= 4 is 23.4 Å². The van der Waals surface area contributed by atoms with Gasteiger partial charge in [-0.15, -0.1) is 11.3 Å². The monoisotopic (exact) mass is 476 g/mol. The van der Waals surface area contributed by atoms with Crippen molar-refractivity contribution in [2.24, 2.45) is 5.92 Å². The fourth-order valence-electron chi connectivity index (χ4n) is 3.31. The quantitative estimate of drug-likeness (QED) is 0.400. The van der Waals surface area contributed by atoms with Gasteiger partial charge in [-0.1, -0.05) is 44.2 Å². The molecule has 2 atom stereocenters. The number of hydrogen-bond donors (Lipinski definition) is 0. The molecule has 0 aliphatic carbocycles. The van der Waals surface area contributed by atoms with Gasteiger partial charge in [0.1, 0.15) is 16.7 Å². The van der Waals surface area contributed by atoms with Crippen LogP contribution in [0.2, 0.25) is 0 Å². The normalized spacial score (nSPS) is 13.5. The Balaban J connectivity index is 2.26. The van der Waals surface area contributed by atoms with E-state index in [0.29, 0.717) is 18.0 Å². The zero-order chi connectivity index (χ0) is 24.6. The second-order valence-electron chi connectivity index (χ2n) is 9.22. The molecular weight excluding hydrogens is 440 g/mol. The molecule has 0 radical (unpaired) electrons. The third-order valence-corrected chi connectivity index (χ3v) is 5.92. The molecule has 1 aromatic carbocycles. The predicted octanol–water partition coefficient (Wildman–Crippen LogP) is 5.86. The molecule has 1 aromatic heterocycles. The number of hydrogen-bond acceptors (Lipinski definition) is 7. The van der Waals surface area contributed by atoms with Gasteiger partial charge in [-0.2, -0.15) is 0 Å². The highest BCUT2D eigenvalue weighted by Crippen LogP contribution is 2.31. The number of carbonyl (C=O) groups excluding carboxylic acids is 2. The van der Waals surface area contributed by atoms with Crippen LogP contribution in [0.15, 0.2) is 35.7 Å². The third-order valence-electron chi connectivity index (χ3n) is 4.98. The molecule has 0 unspecified atom stereocenters. The summed E-state index contributed by atoms with van der Waals surface area (Å²) in [6, 6.07) is 9.71. The fourth-order valence-corrected chi connectivity index (χ4v) is 4.16. The van der Waals surface area contributed by atoms with Crippen LogP contribution in [0, 0.1) is 5.92 Å². The maximum Gasteiger partial charge on any atom is 0.410 e. The lowest BCUT2D eigenvalue weighted by atomic mass is 9.96. The van der Waals surface area contributed by atoms with Gasteiger partial charge >= 0.3 is 12.1 Å². The van der Waals surface area contributed by atoms with Gasteiger partial charge in [0, 0.05) is 24.9 Å². The zero-order valence-electron chi connectivity index (χ0n) is 20.7. The zero-order valence-corrected chi connectivity index (χ0v) is 21.5. The van der Waals surface area contributed by atoms with Crippen LogP contribution >= 0.6 is 11.3 Å². The minimum absolute atomic E-state index is 0.148. The third kappa shape index (κ3) is 8.44. The Hall–Kier alpha value is -2.45. The average molecular weight is 477 g/mol. The lowest BCUT2D eigenvalue weighted by molar-refractivity contribution is -0.00827. The Labute approximate surface area is 201 Å². The summed E-state index contributed by atoms with van der Waals surface area (Å²) >= 11 is 1.36. The molecule has 0 aliphatic rings. The Morgan fingerprint density at radius 3 is 2.39 bits per heavy atom. The van der Waals surface area contributed by atoms with E-state index in [1.165, 1.54) is 11.3 Å². The standard InChI is InChI=1S/C25H36N2O5S/c1-8-30-23(28)19-16-33-22(26-19)21(31-15-18-12-10-9-11-13-18)14-20(17(2)3)27(7)24(29)32-25(4,5)6/h9-13,16-17,20-21H,8,14-15H2,1-7H3/t20-,21-/m1/s1. The van der Waals surface area contributed by atoms with Crippen molar-refractivity contribution in [3.8, 4) is 0 Å². The SMILES string of the molecule is CCOC(=O)c1csc([C@@H](C[C@H](C(C)C)N(C)C(=O)OC(C)(C)C)OCc2ccccc2)n1. The summed E-state index contributed by atoms with van der Waals surface area (Å²) < 4.78 is 17.0. The molecule has 0 fully saturated rings. The van der Waals surface area contributed by atoms with E-state index in [-0.39, 0.29) is 30.4 Å². The molecule has 1 heterocycles. The summed E-state index contributed by atoms with van der Waals surface area (Å²) in [5.74, 6) is -0.303. The molecule has 0 aliphatic heterocycles. The molecule has 0 saturated heterocycles. The van der Waals surface area contributed by atoms with Crippen LogP contribution in [0.4, 0.5) is 4.79 Å². The second kappa shape index (κ2) is 12.1. The number of thiazole rings is 1. The lowest BCUT2D eigenvalue weighted by Crippen LogP contribution is -2.44. The minimum atomic E-state index is -0.583. The number of rotatable bonds is 10. The van der Waals surface area contributed by atoms with Gasteiger partial charge in [0.2, 0.25) is 0 Å². The summed E-state index contributed by atoms with van der Waals surface area (Å²) in [5.41, 5.74) is 0.720. The van der Waals surface area contributed by atoms with E-state index in [9.17, 15) is 9.59 Å². The average Bonchev–Trinajstić information content (AvgIpc) is 3.23. The molecule has 182 valence electrons. The summed E-state index contributed by atoms with van der Waals surface area (Å²) in [6.45, 7) is 12.1. The molecule has 1 amide bonds. The second-order valence-corrected chi connectivity index (χ2v) is 10.1. The Kier molecular flexibility index (Phi) is 9.86. The number of carbonyl (C=O) groups is 2. The highest BCUT2D eigenvalue weighted by molar-refractivity contribution is 7.09. The Morgan fingerprint density at radius 1 is 1.15 bits per heavy atom. The van der Waals surface area contributed by atoms with E-state index in [4.69, 9.17) is 14.2 Å². The fraction of sp³-hybridized carbons (Fsp3) is 0.560. The van der Waals surface area contributed by atoms with Crippen LogP contribution in [0.3, 0.4) is 0 Å². The molecule has 0 spiro atoms. The van der Waals surface area contributed by atoms with Crippen LogP contribution in [-0.4, -0.2) is 47.2 Å². The van der Waals surface area contributed by atoms with Crippen molar-refractivity contribution < 1.29 is 23.8 Å². The van der Waals surface area contributed by atoms with Crippen molar-refractivity contribution in [3.05, 3.63) is 52.0 Å². The smallest absolute Gasteiger partial charge is 0.410 e.